The number of H-pyrrole nitrogens is 1. The van der Waals surface area contributed by atoms with Gasteiger partial charge in [-0.1, -0.05) is 29.8 Å². The Morgan fingerprint density at radius 1 is 1.24 bits per heavy atom. The van der Waals surface area contributed by atoms with Crippen molar-refractivity contribution in [2.24, 2.45) is 5.73 Å². The molecule has 8 heteroatoms. The molecule has 0 bridgehead atoms. The lowest BCUT2D eigenvalue weighted by atomic mass is 10.1. The largest absolute Gasteiger partial charge is 0.490 e. The summed E-state index contributed by atoms with van der Waals surface area (Å²) in [7, 11) is 0. The number of fused-ring (bicyclic) bond motifs is 1. The van der Waals surface area contributed by atoms with Gasteiger partial charge in [0.05, 0.1) is 11.6 Å². The summed E-state index contributed by atoms with van der Waals surface area (Å²) in [6.07, 6.45) is 2.97. The fraction of sp³-hybridized carbons (Fsp3) is 0.286. The highest BCUT2D eigenvalue weighted by molar-refractivity contribution is 6.32. The van der Waals surface area contributed by atoms with Crippen molar-refractivity contribution in [3.8, 4) is 11.5 Å². The van der Waals surface area contributed by atoms with Crippen molar-refractivity contribution in [1.29, 1.82) is 0 Å². The molecule has 0 aliphatic heterocycles. The van der Waals surface area contributed by atoms with Crippen LogP contribution in [0.2, 0.25) is 5.02 Å². The Bertz CT molecular complexity index is 959. The van der Waals surface area contributed by atoms with Gasteiger partial charge >= 0.3 is 0 Å². The van der Waals surface area contributed by atoms with E-state index < -0.39 is 5.91 Å². The van der Waals surface area contributed by atoms with Crippen molar-refractivity contribution in [3.05, 3.63) is 58.7 Å². The molecule has 1 amide bonds. The highest BCUT2D eigenvalue weighted by atomic mass is 35.5. The molecular formula is C21H25Cl2N3O3. The Balaban J connectivity index is 0.00000300. The number of carbonyl (C=O) groups is 1. The Hall–Kier alpha value is -2.41. The minimum Gasteiger partial charge on any atom is -0.490 e. The first-order chi connectivity index (χ1) is 13.6. The van der Waals surface area contributed by atoms with Crippen LogP contribution in [0.4, 0.5) is 0 Å². The smallest absolute Gasteiger partial charge is 0.255 e. The van der Waals surface area contributed by atoms with E-state index in [2.05, 4.69) is 28.6 Å². The van der Waals surface area contributed by atoms with E-state index in [-0.39, 0.29) is 19.0 Å². The van der Waals surface area contributed by atoms with Crippen LogP contribution >= 0.6 is 24.0 Å². The summed E-state index contributed by atoms with van der Waals surface area (Å²) in [5, 5.41) is 5.07. The van der Waals surface area contributed by atoms with Gasteiger partial charge in [-0.05, 0) is 49.2 Å². The second-order valence-electron chi connectivity index (χ2n) is 6.38. The zero-order chi connectivity index (χ0) is 19.9. The maximum atomic E-state index is 11.0. The van der Waals surface area contributed by atoms with E-state index in [0.717, 1.165) is 24.0 Å². The van der Waals surface area contributed by atoms with E-state index in [1.54, 1.807) is 6.07 Å². The number of ether oxygens (including phenoxy) is 2. The molecule has 0 radical (unpaired) electrons. The van der Waals surface area contributed by atoms with Crippen LogP contribution in [0, 0.1) is 0 Å². The van der Waals surface area contributed by atoms with E-state index in [1.807, 2.05) is 25.1 Å². The third-order valence-electron chi connectivity index (χ3n) is 4.30. The van der Waals surface area contributed by atoms with E-state index in [4.69, 9.17) is 26.8 Å². The summed E-state index contributed by atoms with van der Waals surface area (Å²) < 4.78 is 11.0. The maximum Gasteiger partial charge on any atom is 0.255 e. The number of hydrogen-bond donors (Lipinski definition) is 3. The maximum absolute atomic E-state index is 11.0. The second-order valence-corrected chi connectivity index (χ2v) is 6.79. The third-order valence-corrected chi connectivity index (χ3v) is 4.58. The van der Waals surface area contributed by atoms with Crippen LogP contribution in [-0.2, 0) is 17.8 Å². The van der Waals surface area contributed by atoms with Gasteiger partial charge in [0.1, 0.15) is 0 Å². The number of para-hydroxylation sites is 1. The Morgan fingerprint density at radius 2 is 2.03 bits per heavy atom. The van der Waals surface area contributed by atoms with Crippen LogP contribution in [0.3, 0.4) is 0 Å². The molecular weight excluding hydrogens is 413 g/mol. The molecule has 0 aliphatic carbocycles. The number of carbonyl (C=O) groups excluding carboxylic acids is 1. The van der Waals surface area contributed by atoms with Crippen molar-refractivity contribution in [2.45, 2.75) is 19.9 Å². The minimum absolute atomic E-state index is 0. The van der Waals surface area contributed by atoms with Crippen molar-refractivity contribution >= 4 is 40.8 Å². The average Bonchev–Trinajstić information content (AvgIpc) is 3.08. The molecule has 29 heavy (non-hydrogen) atoms. The van der Waals surface area contributed by atoms with Gasteiger partial charge in [-0.3, -0.25) is 4.79 Å². The predicted molar refractivity (Wildman–Crippen MR) is 118 cm³/mol. The van der Waals surface area contributed by atoms with Crippen LogP contribution < -0.4 is 20.5 Å². The molecule has 0 unspecified atom stereocenters. The van der Waals surface area contributed by atoms with E-state index >= 15 is 0 Å². The number of primary amides is 1. The predicted octanol–water partition coefficient (Wildman–Crippen LogP) is 3.84. The van der Waals surface area contributed by atoms with E-state index in [9.17, 15) is 4.79 Å². The zero-order valence-electron chi connectivity index (χ0n) is 16.2. The highest BCUT2D eigenvalue weighted by Crippen LogP contribution is 2.36. The van der Waals surface area contributed by atoms with E-state index in [0.29, 0.717) is 29.7 Å². The Kier molecular flexibility index (Phi) is 8.64. The summed E-state index contributed by atoms with van der Waals surface area (Å²) >= 11 is 6.32. The molecule has 0 saturated carbocycles. The van der Waals surface area contributed by atoms with Crippen molar-refractivity contribution in [1.82, 2.24) is 10.3 Å². The van der Waals surface area contributed by atoms with Gasteiger partial charge in [-0.25, -0.2) is 0 Å². The molecule has 4 N–H and O–H groups in total. The summed E-state index contributed by atoms with van der Waals surface area (Å²) in [5.41, 5.74) is 8.54. The quantitative estimate of drug-likeness (QED) is 0.420. The number of amides is 1. The number of aromatic amines is 1. The fourth-order valence-electron chi connectivity index (χ4n) is 3.06. The molecule has 3 rings (SSSR count). The summed E-state index contributed by atoms with van der Waals surface area (Å²) in [6.45, 7) is 3.54. The highest BCUT2D eigenvalue weighted by Gasteiger charge is 2.13. The van der Waals surface area contributed by atoms with Gasteiger partial charge in [0, 0.05) is 23.6 Å². The lowest BCUT2D eigenvalue weighted by Gasteiger charge is -2.15. The average molecular weight is 438 g/mol. The van der Waals surface area contributed by atoms with Gasteiger partial charge in [-0.2, -0.15) is 0 Å². The summed E-state index contributed by atoms with van der Waals surface area (Å²) in [5.74, 6) is 0.274. The fourth-order valence-corrected chi connectivity index (χ4v) is 3.35. The molecule has 1 heterocycles. The van der Waals surface area contributed by atoms with E-state index in [1.165, 1.54) is 10.9 Å². The Labute approximate surface area is 181 Å². The first-order valence-corrected chi connectivity index (χ1v) is 9.58. The van der Waals surface area contributed by atoms with Gasteiger partial charge < -0.3 is 25.5 Å². The normalized spacial score (nSPS) is 10.6. The van der Waals surface area contributed by atoms with Crippen LogP contribution in [0.1, 0.15) is 18.1 Å². The monoisotopic (exact) mass is 437 g/mol. The van der Waals surface area contributed by atoms with Crippen molar-refractivity contribution in [3.63, 3.8) is 0 Å². The number of nitrogens with two attached hydrogens (primary N) is 1. The van der Waals surface area contributed by atoms with Crippen molar-refractivity contribution in [2.75, 3.05) is 19.8 Å². The number of hydrogen-bond acceptors (Lipinski definition) is 4. The van der Waals surface area contributed by atoms with Crippen molar-refractivity contribution < 1.29 is 14.3 Å². The lowest BCUT2D eigenvalue weighted by molar-refractivity contribution is -0.119. The molecule has 156 valence electrons. The molecule has 2 aromatic carbocycles. The van der Waals surface area contributed by atoms with Gasteiger partial charge in [0.2, 0.25) is 0 Å². The summed E-state index contributed by atoms with van der Waals surface area (Å²) in [4.78, 5) is 14.3. The summed E-state index contributed by atoms with van der Waals surface area (Å²) in [6, 6.07) is 11.9. The number of benzene rings is 2. The SMILES string of the molecule is CCOc1cc(CNCCc2c[nH]c3ccccc23)cc(Cl)c1OCC(N)=O.Cl. The second kappa shape index (κ2) is 11.0. The molecule has 1 aromatic heterocycles. The number of halogens is 2. The van der Waals surface area contributed by atoms with Gasteiger partial charge in [0.15, 0.2) is 18.1 Å². The minimum atomic E-state index is -0.568. The zero-order valence-corrected chi connectivity index (χ0v) is 17.7. The number of rotatable bonds is 10. The molecule has 0 fully saturated rings. The van der Waals surface area contributed by atoms with Gasteiger partial charge in [0.25, 0.3) is 5.91 Å². The molecule has 0 saturated heterocycles. The molecule has 6 nitrogen and oxygen atoms in total. The first-order valence-electron chi connectivity index (χ1n) is 9.20. The molecule has 0 atom stereocenters. The van der Waals surface area contributed by atoms with Gasteiger partial charge in [-0.15, -0.1) is 12.4 Å². The van der Waals surface area contributed by atoms with Crippen LogP contribution in [0.5, 0.6) is 11.5 Å². The van der Waals surface area contributed by atoms with Crippen LogP contribution in [0.15, 0.2) is 42.6 Å². The van der Waals surface area contributed by atoms with Crippen LogP contribution in [-0.4, -0.2) is 30.6 Å². The topological polar surface area (TPSA) is 89.4 Å². The standard InChI is InChI=1S/C21H24ClN3O3.ClH/c1-2-27-19-10-14(9-17(22)21(19)28-13-20(23)26)11-24-8-7-15-12-25-18-6-4-3-5-16(15)18;/h3-6,9-10,12,24-25H,2,7-8,11,13H2,1H3,(H2,23,26);1H. The van der Waals surface area contributed by atoms with Crippen LogP contribution in [0.25, 0.3) is 10.9 Å². The lowest BCUT2D eigenvalue weighted by Crippen LogP contribution is -2.20. The number of aromatic nitrogens is 1. The first kappa shape index (κ1) is 22.9. The molecule has 0 spiro atoms. The number of nitrogens with one attached hydrogen (secondary N) is 2. The molecule has 0 aliphatic rings. The Morgan fingerprint density at radius 3 is 2.79 bits per heavy atom. The molecule has 3 aromatic rings. The third kappa shape index (κ3) is 6.03.